The van der Waals surface area contributed by atoms with Crippen molar-refractivity contribution >= 4 is 17.3 Å². The molecular formula is C23H28N4O3. The highest BCUT2D eigenvalue weighted by Crippen LogP contribution is 2.28. The van der Waals surface area contributed by atoms with Gasteiger partial charge >= 0.3 is 0 Å². The summed E-state index contributed by atoms with van der Waals surface area (Å²) in [6, 6.07) is 7.81. The summed E-state index contributed by atoms with van der Waals surface area (Å²) in [5.41, 5.74) is 2.24. The minimum atomic E-state index is -0.327. The molecule has 0 radical (unpaired) electrons. The first-order valence-electron chi connectivity index (χ1n) is 10.7. The Labute approximate surface area is 176 Å². The van der Waals surface area contributed by atoms with E-state index in [-0.39, 0.29) is 23.0 Å². The molecule has 0 spiro atoms. The van der Waals surface area contributed by atoms with E-state index in [0.717, 1.165) is 44.0 Å². The van der Waals surface area contributed by atoms with Crippen molar-refractivity contribution in [3.05, 3.63) is 47.5 Å². The van der Waals surface area contributed by atoms with Gasteiger partial charge in [0.15, 0.2) is 5.69 Å². The monoisotopic (exact) mass is 408 g/mol. The molecule has 7 nitrogen and oxygen atoms in total. The minimum absolute atomic E-state index is 0.0212. The number of nitrogens with zero attached hydrogens (tertiary/aromatic N) is 3. The fraction of sp³-hybridized carbons (Fsp3) is 0.435. The number of oxazole rings is 1. The molecule has 4 rings (SSSR count). The molecule has 0 saturated carbocycles. The number of aromatic nitrogens is 1. The fourth-order valence-electron chi connectivity index (χ4n) is 4.04. The van der Waals surface area contributed by atoms with E-state index in [1.807, 2.05) is 24.3 Å². The molecule has 1 aromatic heterocycles. The summed E-state index contributed by atoms with van der Waals surface area (Å²) < 4.78 is 5.69. The number of likely N-dealkylation sites (tertiary alicyclic amines) is 1. The first kappa shape index (κ1) is 20.3. The van der Waals surface area contributed by atoms with E-state index in [9.17, 15) is 9.59 Å². The maximum absolute atomic E-state index is 12.8. The van der Waals surface area contributed by atoms with Gasteiger partial charge in [0, 0.05) is 43.5 Å². The summed E-state index contributed by atoms with van der Waals surface area (Å²) in [6.07, 6.45) is 3.77. The molecule has 1 aliphatic carbocycles. The Morgan fingerprint density at radius 3 is 2.47 bits per heavy atom. The third-order valence-electron chi connectivity index (χ3n) is 5.77. The Hall–Kier alpha value is -2.93. The third-order valence-corrected chi connectivity index (χ3v) is 5.77. The smallest absolute Gasteiger partial charge is 0.231 e. The van der Waals surface area contributed by atoms with Crippen LogP contribution in [-0.2, 0) is 0 Å². The highest BCUT2D eigenvalue weighted by atomic mass is 16.4. The second-order valence-electron chi connectivity index (χ2n) is 7.64. The van der Waals surface area contributed by atoms with Crippen molar-refractivity contribution in [2.24, 2.45) is 0 Å². The van der Waals surface area contributed by atoms with E-state index in [0.29, 0.717) is 18.1 Å². The predicted molar refractivity (Wildman–Crippen MR) is 116 cm³/mol. The van der Waals surface area contributed by atoms with Crippen molar-refractivity contribution in [2.75, 3.05) is 44.2 Å². The second kappa shape index (κ2) is 8.83. The first-order valence-corrected chi connectivity index (χ1v) is 10.7. The highest BCUT2D eigenvalue weighted by Gasteiger charge is 2.32. The zero-order chi connectivity index (χ0) is 21.1. The van der Waals surface area contributed by atoms with Crippen LogP contribution in [0, 0.1) is 0 Å². The van der Waals surface area contributed by atoms with Gasteiger partial charge in [-0.2, -0.15) is 0 Å². The minimum Gasteiger partial charge on any atom is -0.432 e. The number of rotatable bonds is 8. The molecule has 1 aromatic carbocycles. The van der Waals surface area contributed by atoms with Crippen LogP contribution in [0.4, 0.5) is 5.69 Å². The van der Waals surface area contributed by atoms with E-state index >= 15 is 0 Å². The van der Waals surface area contributed by atoms with Crippen LogP contribution in [0.2, 0.25) is 0 Å². The van der Waals surface area contributed by atoms with Gasteiger partial charge in [-0.05, 0) is 64.0 Å². The van der Waals surface area contributed by atoms with Gasteiger partial charge < -0.3 is 19.5 Å². The number of hydrogen-bond donors (Lipinski definition) is 1. The predicted octanol–water partition coefficient (Wildman–Crippen LogP) is 3.14. The average Bonchev–Trinajstić information content (AvgIpc) is 3.44. The van der Waals surface area contributed by atoms with Crippen molar-refractivity contribution in [1.29, 1.82) is 0 Å². The van der Waals surface area contributed by atoms with Crippen molar-refractivity contribution in [2.45, 2.75) is 26.7 Å². The van der Waals surface area contributed by atoms with E-state index in [1.54, 1.807) is 0 Å². The number of anilines is 1. The van der Waals surface area contributed by atoms with E-state index in [4.69, 9.17) is 4.42 Å². The summed E-state index contributed by atoms with van der Waals surface area (Å²) in [6.45, 7) is 9.74. The third kappa shape index (κ3) is 4.03. The first-order chi connectivity index (χ1) is 14.6. The Kier molecular flexibility index (Phi) is 5.99. The van der Waals surface area contributed by atoms with Gasteiger partial charge in [0.2, 0.25) is 23.2 Å². The molecule has 0 unspecified atom stereocenters. The van der Waals surface area contributed by atoms with Crippen LogP contribution < -0.4 is 10.2 Å². The molecule has 7 heteroatoms. The van der Waals surface area contributed by atoms with E-state index < -0.39 is 0 Å². The van der Waals surface area contributed by atoms with Crippen LogP contribution in [0.5, 0.6) is 0 Å². The number of allylic oxidation sites excluding steroid dienone is 2. The molecular weight excluding hydrogens is 380 g/mol. The van der Waals surface area contributed by atoms with Crippen LogP contribution in [0.25, 0.3) is 11.5 Å². The van der Waals surface area contributed by atoms with E-state index in [2.05, 4.69) is 33.9 Å². The lowest BCUT2D eigenvalue weighted by molar-refractivity contribution is 0.0960. The molecule has 0 atom stereocenters. The van der Waals surface area contributed by atoms with Crippen molar-refractivity contribution in [1.82, 2.24) is 15.2 Å². The van der Waals surface area contributed by atoms with Gasteiger partial charge in [-0.1, -0.05) is 0 Å². The maximum Gasteiger partial charge on any atom is 0.231 e. The van der Waals surface area contributed by atoms with Crippen LogP contribution >= 0.6 is 0 Å². The quantitative estimate of drug-likeness (QED) is 0.719. The Morgan fingerprint density at radius 2 is 1.80 bits per heavy atom. The molecule has 2 heterocycles. The summed E-state index contributed by atoms with van der Waals surface area (Å²) in [7, 11) is 0. The summed E-state index contributed by atoms with van der Waals surface area (Å²) in [5.74, 6) is -0.306. The zero-order valence-electron chi connectivity index (χ0n) is 17.6. The molecule has 1 fully saturated rings. The number of fused-ring (bicyclic) bond motifs is 1. The number of hydrogen-bond acceptors (Lipinski definition) is 7. The lowest BCUT2D eigenvalue weighted by Crippen LogP contribution is -2.33. The van der Waals surface area contributed by atoms with Crippen LogP contribution in [-0.4, -0.2) is 60.7 Å². The molecule has 1 N–H and O–H groups in total. The molecule has 1 saturated heterocycles. The molecule has 158 valence electrons. The van der Waals surface area contributed by atoms with Gasteiger partial charge in [0.1, 0.15) is 0 Å². The van der Waals surface area contributed by atoms with Gasteiger partial charge in [0.25, 0.3) is 0 Å². The largest absolute Gasteiger partial charge is 0.432 e. The van der Waals surface area contributed by atoms with Gasteiger partial charge in [0.05, 0.1) is 5.70 Å². The maximum atomic E-state index is 12.8. The van der Waals surface area contributed by atoms with Crippen molar-refractivity contribution < 1.29 is 14.0 Å². The second-order valence-corrected chi connectivity index (χ2v) is 7.64. The van der Waals surface area contributed by atoms with Gasteiger partial charge in [-0.25, -0.2) is 4.98 Å². The molecule has 0 amide bonds. The van der Waals surface area contributed by atoms with Crippen LogP contribution in [0.15, 0.2) is 40.5 Å². The number of Topliss-reactive ketones (excluding diaryl/α,β-unsaturated/α-hetero) is 1. The average molecular weight is 409 g/mol. The Balaban J connectivity index is 1.48. The molecule has 1 aliphatic heterocycles. The number of carbonyl (C=O) groups excluding carboxylic acids is 2. The Bertz CT molecular complexity index is 951. The van der Waals surface area contributed by atoms with Gasteiger partial charge in [-0.15, -0.1) is 0 Å². The van der Waals surface area contributed by atoms with Gasteiger partial charge in [-0.3, -0.25) is 9.59 Å². The number of ketones is 2. The molecule has 30 heavy (non-hydrogen) atoms. The number of benzene rings is 1. The molecule has 0 bridgehead atoms. The number of nitrogens with one attached hydrogen (secondary N) is 1. The zero-order valence-corrected chi connectivity index (χ0v) is 17.6. The topological polar surface area (TPSA) is 78.7 Å². The van der Waals surface area contributed by atoms with Crippen molar-refractivity contribution in [3.63, 3.8) is 0 Å². The molecule has 2 aliphatic rings. The van der Waals surface area contributed by atoms with Crippen LogP contribution in [0.1, 0.15) is 47.7 Å². The Morgan fingerprint density at radius 1 is 1.10 bits per heavy atom. The fourth-order valence-corrected chi connectivity index (χ4v) is 4.04. The molecule has 2 aromatic rings. The summed E-state index contributed by atoms with van der Waals surface area (Å²) in [4.78, 5) is 34.3. The van der Waals surface area contributed by atoms with Crippen molar-refractivity contribution in [3.8, 4) is 11.5 Å². The number of carbonyl (C=O) groups is 2. The SMILES string of the molecule is CCN(CC)c1ccc(-c2nc3c(o2)C(=O)C=C(NCCN2CCCC2)C3=O)cc1. The summed E-state index contributed by atoms with van der Waals surface area (Å²) >= 11 is 0. The standard InChI is InChI=1S/C23H28N4O3/c1-3-27(4-2)17-9-7-16(8-10-17)23-25-20-21(29)18(15-19(28)22(20)30-23)24-11-14-26-12-5-6-13-26/h7-10,15,24H,3-6,11-14H2,1-2H3. The lowest BCUT2D eigenvalue weighted by atomic mass is 10.0. The highest BCUT2D eigenvalue weighted by molar-refractivity contribution is 6.22. The van der Waals surface area contributed by atoms with Crippen LogP contribution in [0.3, 0.4) is 0 Å². The lowest BCUT2D eigenvalue weighted by Gasteiger charge is -2.20. The summed E-state index contributed by atoms with van der Waals surface area (Å²) in [5, 5.41) is 3.11. The van der Waals surface area contributed by atoms with E-state index in [1.165, 1.54) is 18.9 Å². The normalized spacial score (nSPS) is 16.5.